The standard InChI is InChI=1S/C12H13NO2S/c1-8-4-5-9-10(7-16-11(9)6-8)12(14)13(2)15-3/h4-7H,1-3H3. The highest BCUT2D eigenvalue weighted by Gasteiger charge is 2.15. The van der Waals surface area contributed by atoms with Crippen LogP contribution in [-0.2, 0) is 4.84 Å². The summed E-state index contributed by atoms with van der Waals surface area (Å²) in [5.41, 5.74) is 1.90. The van der Waals surface area contributed by atoms with Gasteiger partial charge in [0.15, 0.2) is 0 Å². The lowest BCUT2D eigenvalue weighted by molar-refractivity contribution is -0.0755. The molecular formula is C12H13NO2S. The number of thiophene rings is 1. The Balaban J connectivity index is 2.50. The van der Waals surface area contributed by atoms with Gasteiger partial charge in [-0.05, 0) is 18.6 Å². The van der Waals surface area contributed by atoms with E-state index >= 15 is 0 Å². The molecule has 1 heterocycles. The van der Waals surface area contributed by atoms with Crippen molar-refractivity contribution in [3.63, 3.8) is 0 Å². The average Bonchev–Trinajstić information content (AvgIpc) is 2.69. The molecule has 1 aromatic carbocycles. The second-order valence-corrected chi connectivity index (χ2v) is 4.55. The first-order valence-electron chi connectivity index (χ1n) is 4.93. The van der Waals surface area contributed by atoms with Crippen LogP contribution in [-0.4, -0.2) is 25.1 Å². The van der Waals surface area contributed by atoms with Crippen LogP contribution in [0.15, 0.2) is 23.6 Å². The Bertz CT molecular complexity index is 533. The van der Waals surface area contributed by atoms with Gasteiger partial charge in [-0.15, -0.1) is 11.3 Å². The molecular weight excluding hydrogens is 222 g/mol. The molecule has 1 amide bonds. The van der Waals surface area contributed by atoms with Crippen LogP contribution in [0.2, 0.25) is 0 Å². The van der Waals surface area contributed by atoms with Gasteiger partial charge >= 0.3 is 0 Å². The van der Waals surface area contributed by atoms with Crippen LogP contribution in [0.25, 0.3) is 10.1 Å². The largest absolute Gasteiger partial charge is 0.278 e. The third kappa shape index (κ3) is 1.81. The SMILES string of the molecule is CON(C)C(=O)c1csc2cc(C)ccc12. The van der Waals surface area contributed by atoms with Crippen LogP contribution in [0.1, 0.15) is 15.9 Å². The van der Waals surface area contributed by atoms with Gasteiger partial charge in [0.25, 0.3) is 5.91 Å². The van der Waals surface area contributed by atoms with Crippen molar-refractivity contribution in [1.29, 1.82) is 0 Å². The van der Waals surface area contributed by atoms with Crippen molar-refractivity contribution in [2.45, 2.75) is 6.92 Å². The molecule has 4 heteroatoms. The summed E-state index contributed by atoms with van der Waals surface area (Å²) in [4.78, 5) is 16.8. The summed E-state index contributed by atoms with van der Waals surface area (Å²) in [7, 11) is 3.09. The van der Waals surface area contributed by atoms with E-state index in [0.29, 0.717) is 5.56 Å². The molecule has 3 nitrogen and oxygen atoms in total. The fraction of sp³-hybridized carbons (Fsp3) is 0.250. The maximum Gasteiger partial charge on any atom is 0.278 e. The summed E-state index contributed by atoms with van der Waals surface area (Å²) in [6.07, 6.45) is 0. The Morgan fingerprint density at radius 2 is 2.19 bits per heavy atom. The molecule has 2 aromatic rings. The lowest BCUT2D eigenvalue weighted by Crippen LogP contribution is -2.24. The number of hydrogen-bond donors (Lipinski definition) is 0. The Morgan fingerprint density at radius 1 is 1.44 bits per heavy atom. The van der Waals surface area contributed by atoms with Gasteiger partial charge in [-0.25, -0.2) is 5.06 Å². The van der Waals surface area contributed by atoms with E-state index in [1.54, 1.807) is 18.4 Å². The summed E-state index contributed by atoms with van der Waals surface area (Å²) in [5, 5.41) is 4.10. The Labute approximate surface area is 98.2 Å². The lowest BCUT2D eigenvalue weighted by atomic mass is 10.1. The monoisotopic (exact) mass is 235 g/mol. The fourth-order valence-corrected chi connectivity index (χ4v) is 2.59. The first-order chi connectivity index (χ1) is 7.63. The van der Waals surface area contributed by atoms with E-state index < -0.39 is 0 Å². The number of aryl methyl sites for hydroxylation is 1. The van der Waals surface area contributed by atoms with Crippen molar-refractivity contribution >= 4 is 27.3 Å². The maximum atomic E-state index is 11.9. The molecule has 0 saturated carbocycles. The summed E-state index contributed by atoms with van der Waals surface area (Å²) in [6, 6.07) is 6.08. The van der Waals surface area contributed by atoms with Gasteiger partial charge in [-0.2, -0.15) is 0 Å². The molecule has 84 valence electrons. The predicted octanol–water partition coefficient (Wildman–Crippen LogP) is 2.84. The molecule has 0 saturated heterocycles. The van der Waals surface area contributed by atoms with Gasteiger partial charge in [0, 0.05) is 22.5 Å². The van der Waals surface area contributed by atoms with Crippen molar-refractivity contribution in [3.05, 3.63) is 34.7 Å². The Morgan fingerprint density at radius 3 is 2.88 bits per heavy atom. The molecule has 0 aliphatic rings. The number of rotatable bonds is 2. The molecule has 16 heavy (non-hydrogen) atoms. The molecule has 0 bridgehead atoms. The Kier molecular flexibility index (Phi) is 2.94. The number of fused-ring (bicyclic) bond motifs is 1. The van der Waals surface area contributed by atoms with Gasteiger partial charge in [-0.3, -0.25) is 9.63 Å². The van der Waals surface area contributed by atoms with Crippen LogP contribution < -0.4 is 0 Å². The van der Waals surface area contributed by atoms with Crippen LogP contribution >= 0.6 is 11.3 Å². The highest BCUT2D eigenvalue weighted by atomic mass is 32.1. The van der Waals surface area contributed by atoms with Crippen LogP contribution in [0, 0.1) is 6.92 Å². The number of carbonyl (C=O) groups excluding carboxylic acids is 1. The van der Waals surface area contributed by atoms with Crippen molar-refractivity contribution < 1.29 is 9.63 Å². The van der Waals surface area contributed by atoms with E-state index in [4.69, 9.17) is 4.84 Å². The van der Waals surface area contributed by atoms with E-state index in [0.717, 1.165) is 10.1 Å². The number of amides is 1. The van der Waals surface area contributed by atoms with Crippen LogP contribution in [0.3, 0.4) is 0 Å². The molecule has 0 atom stereocenters. The zero-order chi connectivity index (χ0) is 11.7. The van der Waals surface area contributed by atoms with Crippen molar-refractivity contribution in [2.24, 2.45) is 0 Å². The molecule has 0 unspecified atom stereocenters. The topological polar surface area (TPSA) is 29.5 Å². The van der Waals surface area contributed by atoms with E-state index in [1.165, 1.54) is 17.7 Å². The zero-order valence-corrected chi connectivity index (χ0v) is 10.3. The number of nitrogens with zero attached hydrogens (tertiary/aromatic N) is 1. The van der Waals surface area contributed by atoms with Gasteiger partial charge in [0.05, 0.1) is 12.7 Å². The molecule has 0 fully saturated rings. The molecule has 0 spiro atoms. The van der Waals surface area contributed by atoms with Gasteiger partial charge in [0.2, 0.25) is 0 Å². The minimum absolute atomic E-state index is 0.113. The smallest absolute Gasteiger partial charge is 0.274 e. The molecule has 0 aliphatic carbocycles. The number of carbonyl (C=O) groups is 1. The van der Waals surface area contributed by atoms with E-state index in [2.05, 4.69) is 6.07 Å². The van der Waals surface area contributed by atoms with Crippen molar-refractivity contribution in [2.75, 3.05) is 14.2 Å². The number of benzene rings is 1. The van der Waals surface area contributed by atoms with Crippen molar-refractivity contribution in [3.8, 4) is 0 Å². The van der Waals surface area contributed by atoms with Crippen LogP contribution in [0.5, 0.6) is 0 Å². The Hall–Kier alpha value is -1.39. The number of hydroxylamine groups is 2. The minimum Gasteiger partial charge on any atom is -0.274 e. The van der Waals surface area contributed by atoms with E-state index in [-0.39, 0.29) is 5.91 Å². The fourth-order valence-electron chi connectivity index (χ4n) is 1.55. The van der Waals surface area contributed by atoms with Gasteiger partial charge in [-0.1, -0.05) is 12.1 Å². The second-order valence-electron chi connectivity index (χ2n) is 3.63. The average molecular weight is 235 g/mol. The number of hydrogen-bond acceptors (Lipinski definition) is 3. The molecule has 2 rings (SSSR count). The maximum absolute atomic E-state index is 11.9. The van der Waals surface area contributed by atoms with E-state index in [1.807, 2.05) is 24.4 Å². The lowest BCUT2D eigenvalue weighted by Gasteiger charge is -2.12. The highest BCUT2D eigenvalue weighted by Crippen LogP contribution is 2.27. The summed E-state index contributed by atoms with van der Waals surface area (Å²) in [6.45, 7) is 2.04. The molecule has 0 radical (unpaired) electrons. The second kappa shape index (κ2) is 4.23. The van der Waals surface area contributed by atoms with Gasteiger partial charge < -0.3 is 0 Å². The molecule has 0 N–H and O–H groups in total. The third-order valence-electron chi connectivity index (χ3n) is 2.52. The zero-order valence-electron chi connectivity index (χ0n) is 9.48. The van der Waals surface area contributed by atoms with Crippen molar-refractivity contribution in [1.82, 2.24) is 5.06 Å². The first kappa shape index (κ1) is 11.1. The third-order valence-corrected chi connectivity index (χ3v) is 3.47. The molecule has 1 aromatic heterocycles. The highest BCUT2D eigenvalue weighted by molar-refractivity contribution is 7.17. The summed E-state index contributed by atoms with van der Waals surface area (Å²) >= 11 is 1.58. The summed E-state index contributed by atoms with van der Waals surface area (Å²) in [5.74, 6) is -0.113. The quantitative estimate of drug-likeness (QED) is 0.749. The normalized spacial score (nSPS) is 10.7. The minimum atomic E-state index is -0.113. The van der Waals surface area contributed by atoms with E-state index in [9.17, 15) is 4.79 Å². The van der Waals surface area contributed by atoms with Gasteiger partial charge in [0.1, 0.15) is 0 Å². The molecule has 0 aliphatic heterocycles. The predicted molar refractivity (Wildman–Crippen MR) is 65.7 cm³/mol. The summed E-state index contributed by atoms with van der Waals surface area (Å²) < 4.78 is 1.13. The first-order valence-corrected chi connectivity index (χ1v) is 5.81. The van der Waals surface area contributed by atoms with Crippen LogP contribution in [0.4, 0.5) is 0 Å².